The molecule has 1 heterocycles. The highest BCUT2D eigenvalue weighted by Crippen LogP contribution is 2.38. The van der Waals surface area contributed by atoms with Crippen LogP contribution in [0.2, 0.25) is 5.02 Å². The first-order chi connectivity index (χ1) is 17.4. The van der Waals surface area contributed by atoms with Crippen LogP contribution in [0.1, 0.15) is 35.2 Å². The minimum absolute atomic E-state index is 0.134. The van der Waals surface area contributed by atoms with E-state index in [0.29, 0.717) is 30.5 Å². The molecule has 6 nitrogen and oxygen atoms in total. The molecular weight excluding hydrogens is 521 g/mol. The van der Waals surface area contributed by atoms with Crippen LogP contribution in [0.4, 0.5) is 22.0 Å². The third-order valence-electron chi connectivity index (χ3n) is 6.11. The zero-order valence-corrected chi connectivity index (χ0v) is 20.1. The first-order valence-corrected chi connectivity index (χ1v) is 11.6. The maximum Gasteiger partial charge on any atom is 0.417 e. The Hall–Kier alpha value is -3.31. The number of aromatic nitrogens is 2. The standard InChI is InChI=1S/C25H21ClF5N3O3/c1-12-20(27)24(36)34-22(33-12)19-18(25(29,30)31)7-4-14(21(19)28)10-32-23(35)15-8-17(9-15)37-11-13-2-5-16(26)6-3-13/h2-7,15,17H,8-11H2,1H3,(H,32,35)(H,33,34,36). The van der Waals surface area contributed by atoms with Gasteiger partial charge in [-0.25, -0.2) is 9.37 Å². The van der Waals surface area contributed by atoms with Crippen molar-refractivity contribution in [3.05, 3.63) is 85.8 Å². The van der Waals surface area contributed by atoms with E-state index in [9.17, 15) is 27.2 Å². The van der Waals surface area contributed by atoms with Crippen molar-refractivity contribution >= 4 is 17.5 Å². The normalized spacial score (nSPS) is 17.4. The fraction of sp³-hybridized carbons (Fsp3) is 0.320. The van der Waals surface area contributed by atoms with Gasteiger partial charge in [0.25, 0.3) is 5.56 Å². The highest BCUT2D eigenvalue weighted by atomic mass is 35.5. The van der Waals surface area contributed by atoms with E-state index in [-0.39, 0.29) is 17.6 Å². The molecule has 1 aromatic heterocycles. The molecule has 2 aromatic carbocycles. The highest BCUT2D eigenvalue weighted by molar-refractivity contribution is 6.30. The van der Waals surface area contributed by atoms with Crippen molar-refractivity contribution in [1.82, 2.24) is 15.3 Å². The van der Waals surface area contributed by atoms with Crippen molar-refractivity contribution in [2.24, 2.45) is 5.92 Å². The van der Waals surface area contributed by atoms with Crippen LogP contribution in [0, 0.1) is 24.5 Å². The summed E-state index contributed by atoms with van der Waals surface area (Å²) in [4.78, 5) is 29.7. The molecule has 0 saturated heterocycles. The molecule has 0 radical (unpaired) electrons. The molecule has 0 atom stereocenters. The predicted octanol–water partition coefficient (Wildman–Crippen LogP) is 5.31. The van der Waals surface area contributed by atoms with Crippen LogP contribution in [0.15, 0.2) is 41.2 Å². The molecule has 4 rings (SSSR count). The van der Waals surface area contributed by atoms with Crippen LogP contribution >= 0.6 is 11.6 Å². The first kappa shape index (κ1) is 26.7. The van der Waals surface area contributed by atoms with Gasteiger partial charge in [-0.05, 0) is 43.5 Å². The number of hydrogen-bond acceptors (Lipinski definition) is 4. The number of H-pyrrole nitrogens is 1. The summed E-state index contributed by atoms with van der Waals surface area (Å²) in [6.45, 7) is 1.04. The number of ether oxygens (including phenoxy) is 1. The van der Waals surface area contributed by atoms with Gasteiger partial charge in [-0.3, -0.25) is 9.59 Å². The lowest BCUT2D eigenvalue weighted by molar-refractivity contribution is -0.137. The van der Waals surface area contributed by atoms with Crippen molar-refractivity contribution in [2.75, 3.05) is 0 Å². The number of amides is 1. The van der Waals surface area contributed by atoms with Crippen molar-refractivity contribution in [2.45, 2.75) is 45.2 Å². The second kappa shape index (κ2) is 10.6. The van der Waals surface area contributed by atoms with Crippen molar-refractivity contribution in [1.29, 1.82) is 0 Å². The van der Waals surface area contributed by atoms with Gasteiger partial charge < -0.3 is 15.0 Å². The molecule has 1 aliphatic rings. The van der Waals surface area contributed by atoms with E-state index in [1.54, 1.807) is 12.1 Å². The van der Waals surface area contributed by atoms with E-state index in [4.69, 9.17) is 16.3 Å². The van der Waals surface area contributed by atoms with Gasteiger partial charge in [-0.15, -0.1) is 0 Å². The average Bonchev–Trinajstić information content (AvgIpc) is 2.80. The molecule has 1 fully saturated rings. The summed E-state index contributed by atoms with van der Waals surface area (Å²) >= 11 is 5.85. The Morgan fingerprint density at radius 3 is 2.43 bits per heavy atom. The van der Waals surface area contributed by atoms with Crippen LogP contribution in [0.25, 0.3) is 11.4 Å². The van der Waals surface area contributed by atoms with Crippen molar-refractivity contribution in [3.63, 3.8) is 0 Å². The summed E-state index contributed by atoms with van der Waals surface area (Å²) in [7, 11) is 0. The van der Waals surface area contributed by atoms with Gasteiger partial charge in [0, 0.05) is 23.0 Å². The lowest BCUT2D eigenvalue weighted by Crippen LogP contribution is -2.42. The van der Waals surface area contributed by atoms with E-state index in [1.165, 1.54) is 0 Å². The van der Waals surface area contributed by atoms with E-state index >= 15 is 4.39 Å². The number of rotatable bonds is 7. The number of aryl methyl sites for hydroxylation is 1. The number of aromatic amines is 1. The minimum Gasteiger partial charge on any atom is -0.373 e. The van der Waals surface area contributed by atoms with Gasteiger partial charge in [0.05, 0.1) is 29.5 Å². The van der Waals surface area contributed by atoms with Crippen molar-refractivity contribution < 1.29 is 31.5 Å². The van der Waals surface area contributed by atoms with Crippen LogP contribution in [-0.2, 0) is 28.9 Å². The maximum atomic E-state index is 15.3. The van der Waals surface area contributed by atoms with Crippen LogP contribution in [-0.4, -0.2) is 22.0 Å². The summed E-state index contributed by atoms with van der Waals surface area (Å²) in [5.74, 6) is -4.15. The van der Waals surface area contributed by atoms with E-state index in [1.807, 2.05) is 17.1 Å². The summed E-state index contributed by atoms with van der Waals surface area (Å²) in [5, 5.41) is 3.14. The lowest BCUT2D eigenvalue weighted by Gasteiger charge is -2.34. The summed E-state index contributed by atoms with van der Waals surface area (Å²) < 4.78 is 75.4. The maximum absolute atomic E-state index is 15.3. The fourth-order valence-corrected chi connectivity index (χ4v) is 4.08. The zero-order valence-electron chi connectivity index (χ0n) is 19.4. The molecule has 1 saturated carbocycles. The lowest BCUT2D eigenvalue weighted by atomic mass is 9.81. The van der Waals surface area contributed by atoms with Gasteiger partial charge in [-0.1, -0.05) is 29.8 Å². The Kier molecular flexibility index (Phi) is 7.65. The Bertz CT molecular complexity index is 1370. The number of hydrogen-bond donors (Lipinski definition) is 2. The first-order valence-electron chi connectivity index (χ1n) is 11.2. The number of nitrogens with one attached hydrogen (secondary N) is 2. The fourth-order valence-electron chi connectivity index (χ4n) is 3.95. The molecule has 0 spiro atoms. The molecule has 196 valence electrons. The third-order valence-corrected chi connectivity index (χ3v) is 6.36. The molecule has 0 unspecified atom stereocenters. The van der Waals surface area contributed by atoms with Gasteiger partial charge in [0.15, 0.2) is 0 Å². The van der Waals surface area contributed by atoms with Crippen LogP contribution < -0.4 is 10.9 Å². The Balaban J connectivity index is 1.42. The van der Waals surface area contributed by atoms with Crippen LogP contribution in [0.3, 0.4) is 0 Å². The van der Waals surface area contributed by atoms with Gasteiger partial charge in [0.2, 0.25) is 11.7 Å². The van der Waals surface area contributed by atoms with Gasteiger partial charge in [0.1, 0.15) is 11.6 Å². The summed E-state index contributed by atoms with van der Waals surface area (Å²) in [6.07, 6.45) is -4.22. The largest absolute Gasteiger partial charge is 0.417 e. The second-order valence-corrected chi connectivity index (χ2v) is 9.15. The quantitative estimate of drug-likeness (QED) is 0.397. The van der Waals surface area contributed by atoms with E-state index < -0.39 is 58.5 Å². The molecular formula is C25H21ClF5N3O3. The number of alkyl halides is 3. The number of benzene rings is 2. The number of carbonyl (C=O) groups is 1. The second-order valence-electron chi connectivity index (χ2n) is 8.72. The zero-order chi connectivity index (χ0) is 26.9. The van der Waals surface area contributed by atoms with E-state index in [2.05, 4.69) is 10.3 Å². The third kappa shape index (κ3) is 5.99. The number of nitrogens with zero attached hydrogens (tertiary/aromatic N) is 1. The molecule has 37 heavy (non-hydrogen) atoms. The number of halogens is 6. The molecule has 12 heteroatoms. The average molecular weight is 542 g/mol. The summed E-state index contributed by atoms with van der Waals surface area (Å²) in [6, 6.07) is 8.67. The predicted molar refractivity (Wildman–Crippen MR) is 125 cm³/mol. The minimum atomic E-state index is -4.98. The Morgan fingerprint density at radius 2 is 1.81 bits per heavy atom. The number of carbonyl (C=O) groups excluding carboxylic acids is 1. The van der Waals surface area contributed by atoms with E-state index in [0.717, 1.165) is 18.6 Å². The summed E-state index contributed by atoms with van der Waals surface area (Å²) in [5.41, 5.74) is -3.56. The van der Waals surface area contributed by atoms with Crippen LogP contribution in [0.5, 0.6) is 0 Å². The molecule has 1 amide bonds. The Morgan fingerprint density at radius 1 is 1.14 bits per heavy atom. The smallest absolute Gasteiger partial charge is 0.373 e. The monoisotopic (exact) mass is 541 g/mol. The van der Waals surface area contributed by atoms with Gasteiger partial charge >= 0.3 is 6.18 Å². The molecule has 2 N–H and O–H groups in total. The highest BCUT2D eigenvalue weighted by Gasteiger charge is 2.38. The SMILES string of the molecule is Cc1nc(-c2c(C(F)(F)F)ccc(CNC(=O)C3CC(OCc4ccc(Cl)cc4)C3)c2F)[nH]c(=O)c1F. The molecule has 0 aliphatic heterocycles. The molecule has 1 aliphatic carbocycles. The Labute approximate surface area is 212 Å². The van der Waals surface area contributed by atoms with Crippen molar-refractivity contribution in [3.8, 4) is 11.4 Å². The van der Waals surface area contributed by atoms with Gasteiger partial charge in [-0.2, -0.15) is 17.6 Å². The molecule has 0 bridgehead atoms. The topological polar surface area (TPSA) is 84.1 Å². The molecule has 3 aromatic rings.